The maximum atomic E-state index is 5.58. The molecule has 0 bridgehead atoms. The van der Waals surface area contributed by atoms with Gasteiger partial charge in [-0.3, -0.25) is 4.98 Å². The average molecular weight is 233 g/mol. The molecule has 0 atom stereocenters. The van der Waals surface area contributed by atoms with Gasteiger partial charge in [0, 0.05) is 23.4 Å². The molecule has 0 spiro atoms. The highest BCUT2D eigenvalue weighted by molar-refractivity contribution is 7.99. The summed E-state index contributed by atoms with van der Waals surface area (Å²) < 4.78 is 0. The molecule has 0 unspecified atom stereocenters. The summed E-state index contributed by atoms with van der Waals surface area (Å²) in [6, 6.07) is 4.05. The molecule has 0 aliphatic carbocycles. The Morgan fingerprint density at radius 2 is 2.21 bits per heavy atom. The molecule has 14 heavy (non-hydrogen) atoms. The predicted octanol–water partition coefficient (Wildman–Crippen LogP) is 2.71. The normalized spacial score (nSPS) is 10.0. The SMILES string of the molecule is CC(C)CSc1cccnc1CN.Cl. The molecule has 1 aromatic rings. The molecule has 0 amide bonds. The Morgan fingerprint density at radius 3 is 2.79 bits per heavy atom. The summed E-state index contributed by atoms with van der Waals surface area (Å²) in [6.45, 7) is 4.96. The van der Waals surface area contributed by atoms with E-state index < -0.39 is 0 Å². The number of rotatable bonds is 4. The molecular formula is C10H17ClN2S. The zero-order chi connectivity index (χ0) is 9.68. The first-order chi connectivity index (χ1) is 6.24. The van der Waals surface area contributed by atoms with Crippen LogP contribution in [0.2, 0.25) is 0 Å². The largest absolute Gasteiger partial charge is 0.325 e. The van der Waals surface area contributed by atoms with E-state index in [9.17, 15) is 0 Å². The molecule has 0 radical (unpaired) electrons. The highest BCUT2D eigenvalue weighted by Gasteiger charge is 2.02. The summed E-state index contributed by atoms with van der Waals surface area (Å²) in [4.78, 5) is 5.45. The summed E-state index contributed by atoms with van der Waals surface area (Å²) in [5.41, 5.74) is 6.59. The first-order valence-corrected chi connectivity index (χ1v) is 5.49. The summed E-state index contributed by atoms with van der Waals surface area (Å²) in [5, 5.41) is 0. The number of hydrogen-bond donors (Lipinski definition) is 1. The van der Waals surface area contributed by atoms with Crippen molar-refractivity contribution in [2.24, 2.45) is 11.7 Å². The van der Waals surface area contributed by atoms with E-state index in [0.29, 0.717) is 12.5 Å². The minimum absolute atomic E-state index is 0. The van der Waals surface area contributed by atoms with Gasteiger partial charge in [0.1, 0.15) is 0 Å². The molecule has 0 aliphatic heterocycles. The van der Waals surface area contributed by atoms with E-state index in [4.69, 9.17) is 5.73 Å². The molecule has 0 aliphatic rings. The lowest BCUT2D eigenvalue weighted by molar-refractivity contribution is 0.749. The van der Waals surface area contributed by atoms with Gasteiger partial charge in [0.25, 0.3) is 0 Å². The number of halogens is 1. The number of aromatic nitrogens is 1. The van der Waals surface area contributed by atoms with Crippen LogP contribution >= 0.6 is 24.2 Å². The van der Waals surface area contributed by atoms with Gasteiger partial charge in [0.2, 0.25) is 0 Å². The van der Waals surface area contributed by atoms with E-state index in [-0.39, 0.29) is 12.4 Å². The maximum absolute atomic E-state index is 5.58. The van der Waals surface area contributed by atoms with Crippen molar-refractivity contribution in [2.45, 2.75) is 25.3 Å². The highest BCUT2D eigenvalue weighted by atomic mass is 35.5. The lowest BCUT2D eigenvalue weighted by Gasteiger charge is -2.07. The molecule has 2 N–H and O–H groups in total. The molecular weight excluding hydrogens is 216 g/mol. The van der Waals surface area contributed by atoms with Gasteiger partial charge in [-0.1, -0.05) is 13.8 Å². The average Bonchev–Trinajstić information content (AvgIpc) is 2.15. The van der Waals surface area contributed by atoms with Gasteiger partial charge in [-0.2, -0.15) is 0 Å². The number of hydrogen-bond acceptors (Lipinski definition) is 3. The second kappa shape index (κ2) is 7.10. The van der Waals surface area contributed by atoms with Crippen LogP contribution in [0.1, 0.15) is 19.5 Å². The Morgan fingerprint density at radius 1 is 1.50 bits per heavy atom. The molecule has 2 nitrogen and oxygen atoms in total. The van der Waals surface area contributed by atoms with Crippen LogP contribution in [-0.2, 0) is 6.54 Å². The molecule has 0 aromatic carbocycles. The van der Waals surface area contributed by atoms with Gasteiger partial charge in [-0.15, -0.1) is 24.2 Å². The third kappa shape index (κ3) is 4.31. The van der Waals surface area contributed by atoms with E-state index in [0.717, 1.165) is 11.4 Å². The molecule has 0 saturated carbocycles. The van der Waals surface area contributed by atoms with Gasteiger partial charge in [0.15, 0.2) is 0 Å². The van der Waals surface area contributed by atoms with Gasteiger partial charge in [0.05, 0.1) is 5.69 Å². The molecule has 0 fully saturated rings. The summed E-state index contributed by atoms with van der Waals surface area (Å²) in [7, 11) is 0. The Kier molecular flexibility index (Phi) is 6.97. The monoisotopic (exact) mass is 232 g/mol. The standard InChI is InChI=1S/C10H16N2S.ClH/c1-8(2)7-13-10-4-3-5-12-9(10)6-11;/h3-5,8H,6-7,11H2,1-2H3;1H. The van der Waals surface area contributed by atoms with Crippen LogP contribution in [0.5, 0.6) is 0 Å². The van der Waals surface area contributed by atoms with Crippen molar-refractivity contribution in [1.29, 1.82) is 0 Å². The minimum Gasteiger partial charge on any atom is -0.325 e. The highest BCUT2D eigenvalue weighted by Crippen LogP contribution is 2.22. The van der Waals surface area contributed by atoms with E-state index in [2.05, 4.69) is 24.9 Å². The quantitative estimate of drug-likeness (QED) is 0.812. The molecule has 1 aromatic heterocycles. The van der Waals surface area contributed by atoms with Crippen LogP contribution in [0.15, 0.2) is 23.2 Å². The molecule has 1 rings (SSSR count). The van der Waals surface area contributed by atoms with Gasteiger partial charge in [-0.05, 0) is 18.1 Å². The number of nitrogens with two attached hydrogens (primary N) is 1. The smallest absolute Gasteiger partial charge is 0.0674 e. The van der Waals surface area contributed by atoms with Gasteiger partial charge in [-0.25, -0.2) is 0 Å². The number of thioether (sulfide) groups is 1. The maximum Gasteiger partial charge on any atom is 0.0674 e. The lowest BCUT2D eigenvalue weighted by atomic mass is 10.3. The van der Waals surface area contributed by atoms with Crippen molar-refractivity contribution in [3.8, 4) is 0 Å². The van der Waals surface area contributed by atoms with Crippen LogP contribution < -0.4 is 5.73 Å². The first kappa shape index (κ1) is 13.8. The van der Waals surface area contributed by atoms with Crippen molar-refractivity contribution in [1.82, 2.24) is 4.98 Å². The second-order valence-electron chi connectivity index (χ2n) is 3.36. The topological polar surface area (TPSA) is 38.9 Å². The predicted molar refractivity (Wildman–Crippen MR) is 64.9 cm³/mol. The van der Waals surface area contributed by atoms with Crippen LogP contribution in [0.3, 0.4) is 0 Å². The van der Waals surface area contributed by atoms with Crippen molar-refractivity contribution < 1.29 is 0 Å². The van der Waals surface area contributed by atoms with E-state index in [1.807, 2.05) is 17.8 Å². The zero-order valence-electron chi connectivity index (χ0n) is 8.56. The van der Waals surface area contributed by atoms with Crippen molar-refractivity contribution in [3.05, 3.63) is 24.0 Å². The molecule has 1 heterocycles. The van der Waals surface area contributed by atoms with Crippen molar-refractivity contribution in [2.75, 3.05) is 5.75 Å². The summed E-state index contributed by atoms with van der Waals surface area (Å²) >= 11 is 1.84. The summed E-state index contributed by atoms with van der Waals surface area (Å²) in [6.07, 6.45) is 1.79. The fourth-order valence-corrected chi connectivity index (χ4v) is 1.95. The van der Waals surface area contributed by atoms with Crippen LogP contribution in [0.25, 0.3) is 0 Å². The Bertz CT molecular complexity index is 266. The first-order valence-electron chi connectivity index (χ1n) is 4.50. The van der Waals surface area contributed by atoms with Crippen LogP contribution in [-0.4, -0.2) is 10.7 Å². The lowest BCUT2D eigenvalue weighted by Crippen LogP contribution is -2.02. The number of pyridine rings is 1. The molecule has 0 saturated heterocycles. The van der Waals surface area contributed by atoms with Gasteiger partial charge >= 0.3 is 0 Å². The van der Waals surface area contributed by atoms with Crippen LogP contribution in [0.4, 0.5) is 0 Å². The minimum atomic E-state index is 0. The van der Waals surface area contributed by atoms with E-state index in [1.54, 1.807) is 6.20 Å². The van der Waals surface area contributed by atoms with Crippen molar-refractivity contribution in [3.63, 3.8) is 0 Å². The Hall–Kier alpha value is -0.250. The second-order valence-corrected chi connectivity index (χ2v) is 4.42. The third-order valence-corrected chi connectivity index (χ3v) is 3.13. The Labute approximate surface area is 96.1 Å². The fourth-order valence-electron chi connectivity index (χ4n) is 0.964. The molecule has 4 heteroatoms. The summed E-state index contributed by atoms with van der Waals surface area (Å²) in [5.74, 6) is 1.83. The van der Waals surface area contributed by atoms with Gasteiger partial charge < -0.3 is 5.73 Å². The van der Waals surface area contributed by atoms with E-state index in [1.165, 1.54) is 4.90 Å². The van der Waals surface area contributed by atoms with Crippen molar-refractivity contribution >= 4 is 24.2 Å². The molecule has 80 valence electrons. The fraction of sp³-hybridized carbons (Fsp3) is 0.500. The van der Waals surface area contributed by atoms with Crippen LogP contribution in [0, 0.1) is 5.92 Å². The Balaban J connectivity index is 0.00000169. The zero-order valence-corrected chi connectivity index (χ0v) is 10.2. The van der Waals surface area contributed by atoms with E-state index >= 15 is 0 Å². The third-order valence-electron chi connectivity index (χ3n) is 1.61. The number of nitrogens with zero attached hydrogens (tertiary/aromatic N) is 1.